The molecule has 0 aliphatic carbocycles. The summed E-state index contributed by atoms with van der Waals surface area (Å²) < 4.78 is 13.5. The van der Waals surface area contributed by atoms with Crippen LogP contribution in [0.5, 0.6) is 0 Å². The Balaban J connectivity index is 2.19. The summed E-state index contributed by atoms with van der Waals surface area (Å²) in [5.74, 6) is 4.28. The normalized spacial score (nSPS) is 11.8. The molecule has 104 valence electrons. The van der Waals surface area contributed by atoms with Crippen molar-refractivity contribution in [3.63, 3.8) is 0 Å². The lowest BCUT2D eigenvalue weighted by Crippen LogP contribution is -2.28. The zero-order chi connectivity index (χ0) is 14.5. The molecule has 6 heteroatoms. The van der Waals surface area contributed by atoms with E-state index in [-0.39, 0.29) is 17.3 Å². The molecule has 1 unspecified atom stereocenters. The summed E-state index contributed by atoms with van der Waals surface area (Å²) in [7, 11) is 0. The predicted octanol–water partition coefficient (Wildman–Crippen LogP) is 2.00. The Morgan fingerprint density at radius 3 is 2.65 bits per heavy atom. The Hall–Kier alpha value is -2.47. The van der Waals surface area contributed by atoms with E-state index in [1.807, 2.05) is 6.92 Å². The standard InChI is InChI=1S/C14H15FN4O/c1-9(10-5-7-17-8-6-10)18-14(20)11-3-2-4-12(15)13(11)19-16/h2-9,19H,16H2,1H3,(H,18,20). The zero-order valence-corrected chi connectivity index (χ0v) is 10.9. The van der Waals surface area contributed by atoms with E-state index in [2.05, 4.69) is 15.7 Å². The first-order valence-corrected chi connectivity index (χ1v) is 6.09. The molecule has 0 saturated heterocycles. The van der Waals surface area contributed by atoms with Gasteiger partial charge < -0.3 is 10.7 Å². The molecule has 2 rings (SSSR count). The van der Waals surface area contributed by atoms with Crippen LogP contribution in [0.1, 0.15) is 28.9 Å². The molecule has 0 aliphatic rings. The number of amides is 1. The van der Waals surface area contributed by atoms with Crippen LogP contribution in [0.25, 0.3) is 0 Å². The van der Waals surface area contributed by atoms with Crippen molar-refractivity contribution >= 4 is 11.6 Å². The van der Waals surface area contributed by atoms with Gasteiger partial charge in [0, 0.05) is 12.4 Å². The number of pyridine rings is 1. The van der Waals surface area contributed by atoms with Gasteiger partial charge in [0.25, 0.3) is 5.91 Å². The molecular formula is C14H15FN4O. The fraction of sp³-hybridized carbons (Fsp3) is 0.143. The number of carbonyl (C=O) groups is 1. The number of benzene rings is 1. The molecule has 0 fully saturated rings. The summed E-state index contributed by atoms with van der Waals surface area (Å²) in [5.41, 5.74) is 3.26. The molecule has 1 amide bonds. The van der Waals surface area contributed by atoms with Gasteiger partial charge in [-0.25, -0.2) is 4.39 Å². The van der Waals surface area contributed by atoms with Gasteiger partial charge in [0.1, 0.15) is 5.82 Å². The summed E-state index contributed by atoms with van der Waals surface area (Å²) in [6.07, 6.45) is 3.29. The maximum Gasteiger partial charge on any atom is 0.254 e. The van der Waals surface area contributed by atoms with Crippen molar-refractivity contribution in [3.05, 3.63) is 59.7 Å². The number of nitrogens with two attached hydrogens (primary N) is 1. The third kappa shape index (κ3) is 2.92. The number of hydrazine groups is 1. The van der Waals surface area contributed by atoms with Gasteiger partial charge in [0.05, 0.1) is 17.3 Å². The Bertz CT molecular complexity index is 603. The van der Waals surface area contributed by atoms with E-state index in [4.69, 9.17) is 5.84 Å². The van der Waals surface area contributed by atoms with Crippen LogP contribution < -0.4 is 16.6 Å². The monoisotopic (exact) mass is 274 g/mol. The van der Waals surface area contributed by atoms with E-state index in [0.29, 0.717) is 0 Å². The van der Waals surface area contributed by atoms with Gasteiger partial charge in [-0.15, -0.1) is 0 Å². The minimum Gasteiger partial charge on any atom is -0.345 e. The molecule has 2 aromatic rings. The fourth-order valence-corrected chi connectivity index (χ4v) is 1.87. The number of hydrogen-bond acceptors (Lipinski definition) is 4. The molecule has 20 heavy (non-hydrogen) atoms. The van der Waals surface area contributed by atoms with E-state index in [1.165, 1.54) is 18.2 Å². The van der Waals surface area contributed by atoms with Gasteiger partial charge in [-0.2, -0.15) is 0 Å². The van der Waals surface area contributed by atoms with Crippen LogP contribution in [0.4, 0.5) is 10.1 Å². The van der Waals surface area contributed by atoms with E-state index in [9.17, 15) is 9.18 Å². The largest absolute Gasteiger partial charge is 0.345 e. The van der Waals surface area contributed by atoms with Crippen LogP contribution in [-0.2, 0) is 0 Å². The minimum absolute atomic E-state index is 0.0214. The quantitative estimate of drug-likeness (QED) is 0.588. The third-order valence-electron chi connectivity index (χ3n) is 2.96. The first-order valence-electron chi connectivity index (χ1n) is 6.09. The molecule has 5 nitrogen and oxygen atoms in total. The van der Waals surface area contributed by atoms with E-state index >= 15 is 0 Å². The molecule has 1 aromatic heterocycles. The highest BCUT2D eigenvalue weighted by Gasteiger charge is 2.16. The van der Waals surface area contributed by atoms with Gasteiger partial charge in [-0.1, -0.05) is 6.07 Å². The van der Waals surface area contributed by atoms with Crippen molar-refractivity contribution in [1.82, 2.24) is 10.3 Å². The van der Waals surface area contributed by atoms with Crippen LogP contribution in [-0.4, -0.2) is 10.9 Å². The Morgan fingerprint density at radius 2 is 2.00 bits per heavy atom. The van der Waals surface area contributed by atoms with Crippen molar-refractivity contribution in [2.45, 2.75) is 13.0 Å². The second-order valence-corrected chi connectivity index (χ2v) is 4.28. The highest BCUT2D eigenvalue weighted by Crippen LogP contribution is 2.20. The first-order chi connectivity index (χ1) is 9.63. The summed E-state index contributed by atoms with van der Waals surface area (Å²) >= 11 is 0. The number of hydrogen-bond donors (Lipinski definition) is 3. The lowest BCUT2D eigenvalue weighted by atomic mass is 10.1. The van der Waals surface area contributed by atoms with Gasteiger partial charge in [-0.3, -0.25) is 15.6 Å². The first kappa shape index (κ1) is 14.0. The zero-order valence-electron chi connectivity index (χ0n) is 10.9. The number of nitrogen functional groups attached to an aromatic ring is 1. The lowest BCUT2D eigenvalue weighted by Gasteiger charge is -2.16. The van der Waals surface area contributed by atoms with Gasteiger partial charge in [0.2, 0.25) is 0 Å². The van der Waals surface area contributed by atoms with Crippen molar-refractivity contribution in [2.24, 2.45) is 5.84 Å². The van der Waals surface area contributed by atoms with Crippen LogP contribution in [0.15, 0.2) is 42.7 Å². The summed E-state index contributed by atoms with van der Waals surface area (Å²) in [6, 6.07) is 7.59. The lowest BCUT2D eigenvalue weighted by molar-refractivity contribution is 0.0940. The topological polar surface area (TPSA) is 80.0 Å². The smallest absolute Gasteiger partial charge is 0.254 e. The van der Waals surface area contributed by atoms with Crippen molar-refractivity contribution in [2.75, 3.05) is 5.43 Å². The molecular weight excluding hydrogens is 259 g/mol. The van der Waals surface area contributed by atoms with E-state index < -0.39 is 11.7 Å². The maximum absolute atomic E-state index is 13.5. The second-order valence-electron chi connectivity index (χ2n) is 4.28. The number of rotatable bonds is 4. The van der Waals surface area contributed by atoms with Crippen molar-refractivity contribution in [3.8, 4) is 0 Å². The highest BCUT2D eigenvalue weighted by atomic mass is 19.1. The average molecular weight is 274 g/mol. The number of carbonyl (C=O) groups excluding carboxylic acids is 1. The summed E-state index contributed by atoms with van der Waals surface area (Å²) in [4.78, 5) is 16.1. The second kappa shape index (κ2) is 6.12. The minimum atomic E-state index is -0.572. The molecule has 1 aromatic carbocycles. The van der Waals surface area contributed by atoms with Crippen LogP contribution in [0.3, 0.4) is 0 Å². The van der Waals surface area contributed by atoms with E-state index in [0.717, 1.165) is 5.56 Å². The number of nitrogens with zero attached hydrogens (tertiary/aromatic N) is 1. The number of anilines is 1. The van der Waals surface area contributed by atoms with Gasteiger partial charge >= 0.3 is 0 Å². The molecule has 0 aliphatic heterocycles. The number of nitrogens with one attached hydrogen (secondary N) is 2. The highest BCUT2D eigenvalue weighted by molar-refractivity contribution is 5.99. The number of aromatic nitrogens is 1. The SMILES string of the molecule is CC(NC(=O)c1cccc(F)c1NN)c1ccncc1. The molecule has 1 heterocycles. The van der Waals surface area contributed by atoms with Crippen LogP contribution >= 0.6 is 0 Å². The maximum atomic E-state index is 13.5. The Labute approximate surface area is 116 Å². The summed E-state index contributed by atoms with van der Waals surface area (Å²) in [5, 5.41) is 2.79. The predicted molar refractivity (Wildman–Crippen MR) is 74.3 cm³/mol. The molecule has 0 saturated carbocycles. The average Bonchev–Trinajstić information content (AvgIpc) is 2.47. The molecule has 0 spiro atoms. The molecule has 0 radical (unpaired) electrons. The van der Waals surface area contributed by atoms with Crippen LogP contribution in [0, 0.1) is 5.82 Å². The third-order valence-corrected chi connectivity index (χ3v) is 2.96. The van der Waals surface area contributed by atoms with Gasteiger partial charge in [-0.05, 0) is 36.8 Å². The van der Waals surface area contributed by atoms with E-state index in [1.54, 1.807) is 24.5 Å². The van der Waals surface area contributed by atoms with Crippen LogP contribution in [0.2, 0.25) is 0 Å². The molecule has 0 bridgehead atoms. The molecule has 1 atom stereocenters. The Morgan fingerprint density at radius 1 is 1.30 bits per heavy atom. The number of halogens is 1. The van der Waals surface area contributed by atoms with Gasteiger partial charge in [0.15, 0.2) is 0 Å². The summed E-state index contributed by atoms with van der Waals surface area (Å²) in [6.45, 7) is 1.84. The Kier molecular flexibility index (Phi) is 4.27. The molecule has 4 N–H and O–H groups in total. The van der Waals surface area contributed by atoms with Crippen molar-refractivity contribution < 1.29 is 9.18 Å². The number of para-hydroxylation sites is 1. The van der Waals surface area contributed by atoms with Crippen molar-refractivity contribution in [1.29, 1.82) is 0 Å². The fourth-order valence-electron chi connectivity index (χ4n) is 1.87.